The van der Waals surface area contributed by atoms with Gasteiger partial charge in [-0.3, -0.25) is 0 Å². The van der Waals surface area contributed by atoms with Crippen LogP contribution in [0.3, 0.4) is 0 Å². The van der Waals surface area contributed by atoms with Crippen LogP contribution in [0.2, 0.25) is 0 Å². The molecule has 0 spiro atoms. The van der Waals surface area contributed by atoms with Crippen LogP contribution in [-0.2, 0) is 16.6 Å². The molecule has 1 heterocycles. The van der Waals surface area contributed by atoms with E-state index in [1.165, 1.54) is 11.4 Å². The van der Waals surface area contributed by atoms with E-state index in [4.69, 9.17) is 14.0 Å². The molecule has 0 unspecified atom stereocenters. The van der Waals surface area contributed by atoms with Gasteiger partial charge in [0.15, 0.2) is 0 Å². The van der Waals surface area contributed by atoms with Gasteiger partial charge in [0.2, 0.25) is 21.7 Å². The lowest BCUT2D eigenvalue weighted by Gasteiger charge is -2.18. The van der Waals surface area contributed by atoms with E-state index in [-0.39, 0.29) is 17.3 Å². The second-order valence-corrected chi connectivity index (χ2v) is 8.60. The lowest BCUT2D eigenvalue weighted by atomic mass is 10.1. The largest absolute Gasteiger partial charge is 0.497 e. The Labute approximate surface area is 170 Å². The van der Waals surface area contributed by atoms with E-state index in [1.807, 2.05) is 0 Å². The highest BCUT2D eigenvalue weighted by molar-refractivity contribution is 7.89. The van der Waals surface area contributed by atoms with Crippen molar-refractivity contribution in [3.05, 3.63) is 53.4 Å². The van der Waals surface area contributed by atoms with Crippen LogP contribution >= 0.6 is 0 Å². The number of rotatable bonds is 7. The topological polar surface area (TPSA) is 94.8 Å². The molecule has 8 nitrogen and oxygen atoms in total. The van der Waals surface area contributed by atoms with E-state index in [0.717, 1.165) is 11.1 Å². The number of sulfonamides is 1. The Morgan fingerprint density at radius 1 is 1.03 bits per heavy atom. The van der Waals surface area contributed by atoms with Gasteiger partial charge in [0.05, 0.1) is 25.7 Å². The molecule has 0 fully saturated rings. The van der Waals surface area contributed by atoms with Crippen molar-refractivity contribution >= 4 is 10.0 Å². The molecule has 0 aliphatic carbocycles. The highest BCUT2D eigenvalue weighted by Gasteiger charge is 2.26. The Morgan fingerprint density at radius 2 is 1.72 bits per heavy atom. The molecule has 0 aliphatic rings. The second-order valence-electron chi connectivity index (χ2n) is 6.59. The summed E-state index contributed by atoms with van der Waals surface area (Å²) in [6.45, 7) is 3.49. The van der Waals surface area contributed by atoms with E-state index >= 15 is 0 Å². The van der Waals surface area contributed by atoms with Crippen molar-refractivity contribution < 1.29 is 22.4 Å². The number of aryl methyl sites for hydroxylation is 2. The summed E-state index contributed by atoms with van der Waals surface area (Å²) in [7, 11) is 0.872. The van der Waals surface area contributed by atoms with Gasteiger partial charge in [-0.1, -0.05) is 5.16 Å². The Hall–Kier alpha value is -2.91. The van der Waals surface area contributed by atoms with Gasteiger partial charge >= 0.3 is 0 Å². The summed E-state index contributed by atoms with van der Waals surface area (Å²) >= 11 is 0. The summed E-state index contributed by atoms with van der Waals surface area (Å²) in [5.74, 6) is 1.94. The number of hydrogen-bond acceptors (Lipinski definition) is 7. The molecule has 2 aromatic carbocycles. The molecular weight excluding hydrogens is 394 g/mol. The second kappa shape index (κ2) is 8.22. The average molecular weight is 417 g/mol. The fraction of sp³-hybridized carbons (Fsp3) is 0.300. The molecule has 0 radical (unpaired) electrons. The molecule has 3 rings (SSSR count). The molecule has 29 heavy (non-hydrogen) atoms. The SMILES string of the molecule is COc1ccc(-c2noc(CN(C)S(=O)(=O)c3cc(C)c(OC)cc3C)n2)cc1. The van der Waals surface area contributed by atoms with Crippen LogP contribution in [0.15, 0.2) is 45.8 Å². The standard InChI is InChI=1S/C20H23N3O5S/c1-13-11-18(14(2)10-17(13)27-5)29(24,25)23(3)12-19-21-20(22-28-19)15-6-8-16(26-4)9-7-15/h6-11H,12H2,1-5H3. The zero-order chi connectivity index (χ0) is 21.2. The van der Waals surface area contributed by atoms with Crippen molar-refractivity contribution in [3.63, 3.8) is 0 Å². The van der Waals surface area contributed by atoms with E-state index in [1.54, 1.807) is 64.5 Å². The molecule has 0 bridgehead atoms. The number of methoxy groups -OCH3 is 2. The fourth-order valence-electron chi connectivity index (χ4n) is 2.88. The van der Waals surface area contributed by atoms with Gasteiger partial charge in [-0.05, 0) is 61.4 Å². The van der Waals surface area contributed by atoms with Crippen LogP contribution in [0.1, 0.15) is 17.0 Å². The molecule has 9 heteroatoms. The van der Waals surface area contributed by atoms with Gasteiger partial charge in [-0.15, -0.1) is 0 Å². The number of nitrogens with zero attached hydrogens (tertiary/aromatic N) is 3. The predicted molar refractivity (Wildman–Crippen MR) is 107 cm³/mol. The molecule has 0 atom stereocenters. The number of hydrogen-bond donors (Lipinski definition) is 0. The van der Waals surface area contributed by atoms with Crippen molar-refractivity contribution in [3.8, 4) is 22.9 Å². The minimum atomic E-state index is -3.75. The highest BCUT2D eigenvalue weighted by atomic mass is 32.2. The van der Waals surface area contributed by atoms with Crippen LogP contribution in [0, 0.1) is 13.8 Å². The number of ether oxygens (including phenoxy) is 2. The van der Waals surface area contributed by atoms with Crippen LogP contribution in [-0.4, -0.2) is 44.1 Å². The Morgan fingerprint density at radius 3 is 2.34 bits per heavy atom. The molecule has 154 valence electrons. The first-order chi connectivity index (χ1) is 13.8. The summed E-state index contributed by atoms with van der Waals surface area (Å²) in [6, 6.07) is 10.5. The van der Waals surface area contributed by atoms with Gasteiger partial charge in [0.1, 0.15) is 11.5 Å². The van der Waals surface area contributed by atoms with E-state index < -0.39 is 10.0 Å². The first-order valence-corrected chi connectivity index (χ1v) is 10.3. The minimum Gasteiger partial charge on any atom is -0.497 e. The third-order valence-corrected chi connectivity index (χ3v) is 6.50. The van der Waals surface area contributed by atoms with Crippen LogP contribution in [0.4, 0.5) is 0 Å². The average Bonchev–Trinajstić information content (AvgIpc) is 3.17. The Bertz CT molecular complexity index is 1110. The van der Waals surface area contributed by atoms with Crippen LogP contribution < -0.4 is 9.47 Å². The zero-order valence-corrected chi connectivity index (χ0v) is 17.8. The first kappa shape index (κ1) is 20.8. The van der Waals surface area contributed by atoms with Gasteiger partial charge in [-0.25, -0.2) is 8.42 Å². The molecule has 0 amide bonds. The molecule has 0 aliphatic heterocycles. The fourth-order valence-corrected chi connectivity index (χ4v) is 4.29. The lowest BCUT2D eigenvalue weighted by molar-refractivity contribution is 0.336. The lowest BCUT2D eigenvalue weighted by Crippen LogP contribution is -2.27. The Balaban J connectivity index is 1.82. The molecule has 0 saturated carbocycles. The van der Waals surface area contributed by atoms with E-state index in [9.17, 15) is 8.42 Å². The predicted octanol–water partition coefficient (Wildman–Crippen LogP) is 3.19. The third-order valence-electron chi connectivity index (χ3n) is 4.55. The molecule has 0 N–H and O–H groups in total. The maximum Gasteiger partial charge on any atom is 0.243 e. The summed E-state index contributed by atoms with van der Waals surface area (Å²) in [4.78, 5) is 4.52. The first-order valence-electron chi connectivity index (χ1n) is 8.85. The summed E-state index contributed by atoms with van der Waals surface area (Å²) in [5.41, 5.74) is 2.08. The maximum absolute atomic E-state index is 13.0. The van der Waals surface area contributed by atoms with Crippen molar-refractivity contribution in [1.82, 2.24) is 14.4 Å². The van der Waals surface area contributed by atoms with Crippen molar-refractivity contribution in [2.45, 2.75) is 25.3 Å². The summed E-state index contributed by atoms with van der Waals surface area (Å²) < 4.78 is 42.9. The van der Waals surface area contributed by atoms with Gasteiger partial charge in [0.25, 0.3) is 0 Å². The van der Waals surface area contributed by atoms with Gasteiger partial charge in [-0.2, -0.15) is 9.29 Å². The molecular formula is C20H23N3O5S. The smallest absolute Gasteiger partial charge is 0.243 e. The van der Waals surface area contributed by atoms with Gasteiger partial charge in [0, 0.05) is 12.6 Å². The zero-order valence-electron chi connectivity index (χ0n) is 17.0. The van der Waals surface area contributed by atoms with Gasteiger partial charge < -0.3 is 14.0 Å². The summed E-state index contributed by atoms with van der Waals surface area (Å²) in [6.07, 6.45) is 0. The van der Waals surface area contributed by atoms with Crippen LogP contribution in [0.5, 0.6) is 11.5 Å². The quantitative estimate of drug-likeness (QED) is 0.583. The monoisotopic (exact) mass is 417 g/mol. The molecule has 1 aromatic heterocycles. The number of aromatic nitrogens is 2. The molecule has 0 saturated heterocycles. The summed E-state index contributed by atoms with van der Waals surface area (Å²) in [5, 5.41) is 3.94. The normalized spacial score (nSPS) is 11.7. The maximum atomic E-state index is 13.0. The number of benzene rings is 2. The Kier molecular flexibility index (Phi) is 5.90. The minimum absolute atomic E-state index is 0.0456. The highest BCUT2D eigenvalue weighted by Crippen LogP contribution is 2.28. The van der Waals surface area contributed by atoms with Crippen molar-refractivity contribution in [2.75, 3.05) is 21.3 Å². The third kappa shape index (κ3) is 4.25. The van der Waals surface area contributed by atoms with E-state index in [0.29, 0.717) is 22.9 Å². The van der Waals surface area contributed by atoms with Crippen LogP contribution in [0.25, 0.3) is 11.4 Å². The van der Waals surface area contributed by atoms with Crippen molar-refractivity contribution in [2.24, 2.45) is 0 Å². The van der Waals surface area contributed by atoms with Crippen molar-refractivity contribution in [1.29, 1.82) is 0 Å². The van der Waals surface area contributed by atoms with E-state index in [2.05, 4.69) is 10.1 Å². The molecule has 3 aromatic rings.